The van der Waals surface area contributed by atoms with Crippen LogP contribution in [0.25, 0.3) is 0 Å². The van der Waals surface area contributed by atoms with E-state index in [0.717, 1.165) is 25.9 Å². The lowest BCUT2D eigenvalue weighted by Crippen LogP contribution is -2.50. The first-order chi connectivity index (χ1) is 10.1. The van der Waals surface area contributed by atoms with Gasteiger partial charge in [0.2, 0.25) is 5.91 Å². The molecule has 3 nitrogen and oxygen atoms in total. The summed E-state index contributed by atoms with van der Waals surface area (Å²) in [5, 5.41) is 0. The molecule has 1 saturated carbocycles. The fourth-order valence-electron chi connectivity index (χ4n) is 3.71. The summed E-state index contributed by atoms with van der Waals surface area (Å²) in [6, 6.07) is 8.71. The van der Waals surface area contributed by atoms with Crippen molar-refractivity contribution in [3.05, 3.63) is 35.4 Å². The second kappa shape index (κ2) is 5.45. The maximum atomic E-state index is 12.9. The number of amides is 1. The van der Waals surface area contributed by atoms with Gasteiger partial charge in [0.05, 0.1) is 6.04 Å². The lowest BCUT2D eigenvalue weighted by molar-refractivity contribution is -0.138. The van der Waals surface area contributed by atoms with E-state index in [-0.39, 0.29) is 11.5 Å². The number of fused-ring (bicyclic) bond motifs is 2. The average Bonchev–Trinajstić information content (AvgIpc) is 3.24. The number of nitrogens with zero attached hydrogens (tertiary/aromatic N) is 2. The van der Waals surface area contributed by atoms with Gasteiger partial charge in [-0.3, -0.25) is 9.69 Å². The lowest BCUT2D eigenvalue weighted by Gasteiger charge is -2.38. The normalized spacial score (nSPS) is 20.5. The highest BCUT2D eigenvalue weighted by Gasteiger charge is 2.50. The van der Waals surface area contributed by atoms with Crippen LogP contribution in [0.2, 0.25) is 0 Å². The number of likely N-dealkylation sites (N-methyl/N-ethyl adjacent to an activating group) is 1. The minimum Gasteiger partial charge on any atom is -0.336 e. The molecule has 114 valence electrons. The molecule has 1 fully saturated rings. The van der Waals surface area contributed by atoms with E-state index < -0.39 is 0 Å². The molecule has 1 atom stereocenters. The first kappa shape index (κ1) is 14.6. The second-order valence-corrected chi connectivity index (χ2v) is 6.90. The fraction of sp³-hybridized carbons (Fsp3) is 0.611. The highest BCUT2D eigenvalue weighted by atomic mass is 16.2. The number of carbonyl (C=O) groups is 1. The quantitative estimate of drug-likeness (QED) is 0.850. The van der Waals surface area contributed by atoms with Gasteiger partial charge in [-0.25, -0.2) is 0 Å². The molecular weight excluding hydrogens is 260 g/mol. The Morgan fingerprint density at radius 2 is 2.05 bits per heavy atom. The van der Waals surface area contributed by atoms with Crippen LogP contribution >= 0.6 is 0 Å². The third-order valence-electron chi connectivity index (χ3n) is 5.08. The highest BCUT2D eigenvalue weighted by molar-refractivity contribution is 5.82. The molecule has 1 aromatic rings. The molecule has 1 amide bonds. The monoisotopic (exact) mass is 286 g/mol. The first-order valence-electron chi connectivity index (χ1n) is 8.11. The molecule has 2 aliphatic rings. The molecule has 0 radical (unpaired) electrons. The molecular formula is C18H26N2O. The summed E-state index contributed by atoms with van der Waals surface area (Å²) < 4.78 is 0. The van der Waals surface area contributed by atoms with Gasteiger partial charge in [0, 0.05) is 18.5 Å². The number of carbonyl (C=O) groups excluding carboxylic acids is 1. The number of rotatable bonds is 4. The Bertz CT molecular complexity index is 534. The van der Waals surface area contributed by atoms with Gasteiger partial charge in [-0.1, -0.05) is 37.6 Å². The second-order valence-electron chi connectivity index (χ2n) is 6.90. The van der Waals surface area contributed by atoms with Crippen molar-refractivity contribution in [1.29, 1.82) is 0 Å². The van der Waals surface area contributed by atoms with Crippen molar-refractivity contribution in [3.63, 3.8) is 0 Å². The molecule has 1 heterocycles. The van der Waals surface area contributed by atoms with Crippen LogP contribution in [0.1, 0.15) is 43.7 Å². The fourth-order valence-corrected chi connectivity index (χ4v) is 3.71. The Labute approximate surface area is 127 Å². The summed E-state index contributed by atoms with van der Waals surface area (Å²) in [6.45, 7) is 3.85. The van der Waals surface area contributed by atoms with Crippen LogP contribution in [-0.2, 0) is 16.8 Å². The van der Waals surface area contributed by atoms with Crippen LogP contribution in [0, 0.1) is 0 Å². The van der Waals surface area contributed by atoms with Gasteiger partial charge in [0.25, 0.3) is 0 Å². The Morgan fingerprint density at radius 3 is 2.67 bits per heavy atom. The Hall–Kier alpha value is -1.35. The minimum atomic E-state index is 0.0241. The summed E-state index contributed by atoms with van der Waals surface area (Å²) >= 11 is 0. The molecule has 1 aliphatic heterocycles. The van der Waals surface area contributed by atoms with Crippen molar-refractivity contribution in [1.82, 2.24) is 9.80 Å². The Morgan fingerprint density at radius 1 is 1.33 bits per heavy atom. The van der Waals surface area contributed by atoms with E-state index >= 15 is 0 Å². The smallest absolute Gasteiger partial charge is 0.240 e. The molecule has 0 N–H and O–H groups in total. The molecule has 1 spiro atoms. The van der Waals surface area contributed by atoms with E-state index in [1.165, 1.54) is 24.0 Å². The van der Waals surface area contributed by atoms with Crippen molar-refractivity contribution < 1.29 is 4.79 Å². The van der Waals surface area contributed by atoms with Crippen LogP contribution < -0.4 is 0 Å². The summed E-state index contributed by atoms with van der Waals surface area (Å²) in [5.74, 6) is 0.308. The molecule has 3 rings (SSSR count). The largest absolute Gasteiger partial charge is 0.336 e. The van der Waals surface area contributed by atoms with E-state index in [9.17, 15) is 4.79 Å². The molecule has 1 aliphatic carbocycles. The zero-order chi connectivity index (χ0) is 15.0. The van der Waals surface area contributed by atoms with Crippen LogP contribution in [0.4, 0.5) is 0 Å². The maximum absolute atomic E-state index is 12.9. The molecule has 0 bridgehead atoms. The van der Waals surface area contributed by atoms with E-state index in [2.05, 4.69) is 41.0 Å². The van der Waals surface area contributed by atoms with Crippen molar-refractivity contribution in [2.75, 3.05) is 20.6 Å². The summed E-state index contributed by atoms with van der Waals surface area (Å²) in [4.78, 5) is 17.1. The van der Waals surface area contributed by atoms with Gasteiger partial charge in [0.15, 0.2) is 0 Å². The molecule has 21 heavy (non-hydrogen) atoms. The minimum absolute atomic E-state index is 0.0241. The first-order valence-corrected chi connectivity index (χ1v) is 8.11. The standard InChI is InChI=1S/C18H26N2O/c1-4-7-16(19(2)3)17(21)20-12-14-8-5-6-9-15(14)18(13-20)10-11-18/h5-6,8-9,16H,4,7,10-13H2,1-3H3. The molecule has 0 saturated heterocycles. The maximum Gasteiger partial charge on any atom is 0.240 e. The van der Waals surface area contributed by atoms with Gasteiger partial charge < -0.3 is 4.90 Å². The number of hydrogen-bond donors (Lipinski definition) is 0. The van der Waals surface area contributed by atoms with Crippen LogP contribution in [0.5, 0.6) is 0 Å². The summed E-state index contributed by atoms with van der Waals surface area (Å²) in [6.07, 6.45) is 4.45. The van der Waals surface area contributed by atoms with E-state index in [4.69, 9.17) is 0 Å². The van der Waals surface area contributed by atoms with Crippen molar-refractivity contribution >= 4 is 5.91 Å². The van der Waals surface area contributed by atoms with Crippen LogP contribution in [-0.4, -0.2) is 42.4 Å². The number of hydrogen-bond acceptors (Lipinski definition) is 2. The molecule has 1 aromatic carbocycles. The topological polar surface area (TPSA) is 23.6 Å². The van der Waals surface area contributed by atoms with E-state index in [0.29, 0.717) is 5.91 Å². The average molecular weight is 286 g/mol. The predicted octanol–water partition coefficient (Wildman–Crippen LogP) is 2.79. The van der Waals surface area contributed by atoms with Crippen molar-refractivity contribution in [2.24, 2.45) is 0 Å². The number of benzene rings is 1. The van der Waals surface area contributed by atoms with Crippen LogP contribution in [0.3, 0.4) is 0 Å². The van der Waals surface area contributed by atoms with Gasteiger partial charge in [-0.15, -0.1) is 0 Å². The zero-order valence-corrected chi connectivity index (χ0v) is 13.4. The predicted molar refractivity (Wildman–Crippen MR) is 85.2 cm³/mol. The van der Waals surface area contributed by atoms with Gasteiger partial charge in [0.1, 0.15) is 0 Å². The molecule has 3 heteroatoms. The van der Waals surface area contributed by atoms with Gasteiger partial charge >= 0.3 is 0 Å². The van der Waals surface area contributed by atoms with Crippen molar-refractivity contribution in [3.8, 4) is 0 Å². The molecule has 0 aromatic heterocycles. The Balaban J connectivity index is 1.84. The van der Waals surface area contributed by atoms with Gasteiger partial charge in [-0.2, -0.15) is 0 Å². The zero-order valence-electron chi connectivity index (χ0n) is 13.4. The third-order valence-corrected chi connectivity index (χ3v) is 5.08. The third kappa shape index (κ3) is 2.59. The van der Waals surface area contributed by atoms with Gasteiger partial charge in [-0.05, 0) is 44.5 Å². The van der Waals surface area contributed by atoms with Crippen LogP contribution in [0.15, 0.2) is 24.3 Å². The van der Waals surface area contributed by atoms with Crippen molar-refractivity contribution in [2.45, 2.75) is 50.6 Å². The van der Waals surface area contributed by atoms with E-state index in [1.807, 2.05) is 14.1 Å². The lowest BCUT2D eigenvalue weighted by atomic mass is 9.86. The Kier molecular flexibility index (Phi) is 3.78. The van der Waals surface area contributed by atoms with E-state index in [1.54, 1.807) is 0 Å². The summed E-state index contributed by atoms with van der Waals surface area (Å²) in [7, 11) is 4.03. The SMILES string of the molecule is CCCC(C(=O)N1Cc2ccccc2C2(CC2)C1)N(C)C. The highest BCUT2D eigenvalue weighted by Crippen LogP contribution is 2.52. The molecule has 1 unspecified atom stereocenters. The summed E-state index contributed by atoms with van der Waals surface area (Å²) in [5.41, 5.74) is 3.11.